The van der Waals surface area contributed by atoms with Crippen molar-refractivity contribution in [1.82, 2.24) is 10.0 Å². The Morgan fingerprint density at radius 3 is 2.36 bits per heavy atom. The van der Waals surface area contributed by atoms with Gasteiger partial charge in [-0.2, -0.15) is 0 Å². The summed E-state index contributed by atoms with van der Waals surface area (Å²) in [5.74, 6) is -0.430. The molecule has 0 fully saturated rings. The average molecular weight is 391 g/mol. The highest BCUT2D eigenvalue weighted by atomic mass is 79.9. The zero-order chi connectivity index (χ0) is 16.6. The first kappa shape index (κ1) is 18.8. The van der Waals surface area contributed by atoms with Gasteiger partial charge in [-0.15, -0.1) is 0 Å². The Bertz CT molecular complexity index is 614. The lowest BCUT2D eigenvalue weighted by atomic mass is 10.1. The zero-order valence-electron chi connectivity index (χ0n) is 12.3. The Kier molecular flexibility index (Phi) is 7.70. The van der Waals surface area contributed by atoms with Gasteiger partial charge in [-0.1, -0.05) is 28.1 Å². The van der Waals surface area contributed by atoms with Crippen LogP contribution in [-0.4, -0.2) is 39.5 Å². The van der Waals surface area contributed by atoms with Gasteiger partial charge in [-0.3, -0.25) is 9.59 Å². The summed E-state index contributed by atoms with van der Waals surface area (Å²) in [7, 11) is -1.99. The van der Waals surface area contributed by atoms with E-state index in [1.807, 2.05) is 0 Å². The minimum absolute atomic E-state index is 0.0157. The van der Waals surface area contributed by atoms with Crippen LogP contribution in [0, 0.1) is 0 Å². The second-order valence-corrected chi connectivity index (χ2v) is 7.62. The van der Waals surface area contributed by atoms with E-state index in [0.717, 1.165) is 4.47 Å². The number of sulfonamides is 1. The van der Waals surface area contributed by atoms with Gasteiger partial charge in [0, 0.05) is 29.4 Å². The van der Waals surface area contributed by atoms with Crippen LogP contribution in [0.25, 0.3) is 0 Å². The van der Waals surface area contributed by atoms with Gasteiger partial charge in [-0.25, -0.2) is 13.1 Å². The van der Waals surface area contributed by atoms with E-state index in [1.165, 1.54) is 7.05 Å². The first-order valence-electron chi connectivity index (χ1n) is 6.81. The molecular formula is C14H19BrN2O4S. The van der Waals surface area contributed by atoms with Crippen LogP contribution in [0.3, 0.4) is 0 Å². The zero-order valence-corrected chi connectivity index (χ0v) is 14.7. The third-order valence-electron chi connectivity index (χ3n) is 2.98. The summed E-state index contributed by atoms with van der Waals surface area (Å²) in [6.45, 7) is 0.0582. The van der Waals surface area contributed by atoms with E-state index in [0.29, 0.717) is 12.0 Å². The van der Waals surface area contributed by atoms with Gasteiger partial charge in [0.15, 0.2) is 5.78 Å². The highest BCUT2D eigenvalue weighted by Gasteiger charge is 2.10. The van der Waals surface area contributed by atoms with Crippen molar-refractivity contribution < 1.29 is 18.0 Å². The normalized spacial score (nSPS) is 11.2. The van der Waals surface area contributed by atoms with Gasteiger partial charge in [0.2, 0.25) is 15.9 Å². The molecule has 0 saturated heterocycles. The predicted molar refractivity (Wildman–Crippen MR) is 88.2 cm³/mol. The van der Waals surface area contributed by atoms with Crippen LogP contribution < -0.4 is 10.0 Å². The van der Waals surface area contributed by atoms with Gasteiger partial charge >= 0.3 is 0 Å². The van der Waals surface area contributed by atoms with E-state index >= 15 is 0 Å². The second kappa shape index (κ2) is 9.02. The molecule has 6 nitrogen and oxygen atoms in total. The molecule has 8 heteroatoms. The molecule has 122 valence electrons. The summed E-state index contributed by atoms with van der Waals surface area (Å²) in [5, 5.41) is 2.52. The predicted octanol–water partition coefficient (Wildman–Crippen LogP) is 1.47. The number of hydrogen-bond donors (Lipinski definition) is 2. The van der Waals surface area contributed by atoms with Crippen LogP contribution in [-0.2, 0) is 14.8 Å². The summed E-state index contributed by atoms with van der Waals surface area (Å²) in [5.41, 5.74) is 0.615. The SMILES string of the molecule is CNS(=O)(=O)CCNC(=O)CCCC(=O)c1ccc(Br)cc1. The Balaban J connectivity index is 2.25. The monoisotopic (exact) mass is 390 g/mol. The van der Waals surface area contributed by atoms with Crippen molar-refractivity contribution in [2.45, 2.75) is 19.3 Å². The van der Waals surface area contributed by atoms with Crippen molar-refractivity contribution in [3.05, 3.63) is 34.3 Å². The Morgan fingerprint density at radius 1 is 1.14 bits per heavy atom. The van der Waals surface area contributed by atoms with Crippen LogP contribution in [0.5, 0.6) is 0 Å². The molecule has 0 saturated carbocycles. The summed E-state index contributed by atoms with van der Waals surface area (Å²) in [6.07, 6.45) is 0.908. The third kappa shape index (κ3) is 7.15. The second-order valence-electron chi connectivity index (χ2n) is 4.66. The fourth-order valence-corrected chi connectivity index (χ4v) is 2.54. The molecule has 0 aliphatic carbocycles. The number of hydrogen-bond acceptors (Lipinski definition) is 4. The Morgan fingerprint density at radius 2 is 1.77 bits per heavy atom. The topological polar surface area (TPSA) is 92.3 Å². The number of halogens is 1. The molecule has 0 aliphatic rings. The van der Waals surface area contributed by atoms with Crippen LogP contribution in [0.15, 0.2) is 28.7 Å². The quantitative estimate of drug-likeness (QED) is 0.624. The minimum atomic E-state index is -3.31. The van der Waals surface area contributed by atoms with Crippen LogP contribution in [0.4, 0.5) is 0 Å². The van der Waals surface area contributed by atoms with Crippen molar-refractivity contribution in [3.63, 3.8) is 0 Å². The molecule has 2 N–H and O–H groups in total. The molecule has 1 aromatic rings. The number of carbonyl (C=O) groups excluding carboxylic acids is 2. The Hall–Kier alpha value is -1.25. The first-order valence-corrected chi connectivity index (χ1v) is 9.25. The van der Waals surface area contributed by atoms with E-state index in [-0.39, 0.29) is 36.8 Å². The van der Waals surface area contributed by atoms with E-state index < -0.39 is 10.0 Å². The van der Waals surface area contributed by atoms with E-state index in [9.17, 15) is 18.0 Å². The van der Waals surface area contributed by atoms with E-state index in [2.05, 4.69) is 26.0 Å². The van der Waals surface area contributed by atoms with Gasteiger partial charge < -0.3 is 5.32 Å². The number of rotatable bonds is 9. The summed E-state index contributed by atoms with van der Waals surface area (Å²) in [4.78, 5) is 23.4. The fraction of sp³-hybridized carbons (Fsp3) is 0.429. The van der Waals surface area contributed by atoms with E-state index in [1.54, 1.807) is 24.3 Å². The summed E-state index contributed by atoms with van der Waals surface area (Å²) >= 11 is 3.30. The van der Waals surface area contributed by atoms with Crippen LogP contribution >= 0.6 is 15.9 Å². The smallest absolute Gasteiger partial charge is 0.220 e. The molecule has 0 aliphatic heterocycles. The first-order chi connectivity index (χ1) is 10.3. The molecule has 0 heterocycles. The number of ketones is 1. The van der Waals surface area contributed by atoms with Crippen molar-refractivity contribution >= 4 is 37.6 Å². The summed E-state index contributed by atoms with van der Waals surface area (Å²) in [6, 6.07) is 7.05. The number of nitrogens with one attached hydrogen (secondary N) is 2. The van der Waals surface area contributed by atoms with Crippen LogP contribution in [0.1, 0.15) is 29.6 Å². The molecule has 0 atom stereocenters. The van der Waals surface area contributed by atoms with Crippen molar-refractivity contribution in [1.29, 1.82) is 0 Å². The number of benzene rings is 1. The summed E-state index contributed by atoms with van der Waals surface area (Å²) < 4.78 is 25.4. The average Bonchev–Trinajstić information content (AvgIpc) is 2.47. The highest BCUT2D eigenvalue weighted by molar-refractivity contribution is 9.10. The van der Waals surface area contributed by atoms with Gasteiger partial charge in [-0.05, 0) is 25.6 Å². The molecule has 1 rings (SSSR count). The van der Waals surface area contributed by atoms with Gasteiger partial charge in [0.1, 0.15) is 0 Å². The van der Waals surface area contributed by atoms with E-state index in [4.69, 9.17) is 0 Å². The molecule has 0 aromatic heterocycles. The maximum atomic E-state index is 11.9. The highest BCUT2D eigenvalue weighted by Crippen LogP contribution is 2.13. The largest absolute Gasteiger partial charge is 0.355 e. The lowest BCUT2D eigenvalue weighted by Gasteiger charge is -2.05. The molecule has 22 heavy (non-hydrogen) atoms. The molecular weight excluding hydrogens is 372 g/mol. The fourth-order valence-electron chi connectivity index (χ4n) is 1.70. The lowest BCUT2D eigenvalue weighted by Crippen LogP contribution is -2.32. The van der Waals surface area contributed by atoms with Crippen molar-refractivity contribution in [2.75, 3.05) is 19.3 Å². The van der Waals surface area contributed by atoms with Gasteiger partial charge in [0.25, 0.3) is 0 Å². The third-order valence-corrected chi connectivity index (χ3v) is 4.87. The number of Topliss-reactive ketones (excluding diaryl/α,β-unsaturated/α-hetero) is 1. The minimum Gasteiger partial charge on any atom is -0.355 e. The van der Waals surface area contributed by atoms with Crippen molar-refractivity contribution in [2.24, 2.45) is 0 Å². The Labute approximate surface area is 138 Å². The molecule has 1 aromatic carbocycles. The standard InChI is InChI=1S/C14H19BrN2O4S/c1-16-22(20,21)10-9-17-14(19)4-2-3-13(18)11-5-7-12(15)8-6-11/h5-8,16H,2-4,9-10H2,1H3,(H,17,19). The van der Waals surface area contributed by atoms with Gasteiger partial charge in [0.05, 0.1) is 5.75 Å². The maximum Gasteiger partial charge on any atom is 0.220 e. The molecule has 0 unspecified atom stereocenters. The lowest BCUT2D eigenvalue weighted by molar-refractivity contribution is -0.121. The molecule has 1 amide bonds. The molecule has 0 bridgehead atoms. The maximum absolute atomic E-state index is 11.9. The number of amides is 1. The van der Waals surface area contributed by atoms with Crippen molar-refractivity contribution in [3.8, 4) is 0 Å². The molecule has 0 spiro atoms. The molecule has 0 radical (unpaired) electrons. The number of carbonyl (C=O) groups is 2. The van der Waals surface area contributed by atoms with Crippen LogP contribution in [0.2, 0.25) is 0 Å².